The fraction of sp³-hybridized carbons (Fsp3) is 0.727. The Labute approximate surface area is 169 Å². The molecular weight excluding hydrogens is 342 g/mol. The number of rotatable bonds is 9. The number of aryl methyl sites for hydroxylation is 1. The van der Waals surface area contributed by atoms with Crippen molar-refractivity contribution in [3.05, 3.63) is 23.8 Å². The van der Waals surface area contributed by atoms with Crippen LogP contribution in [0.3, 0.4) is 0 Å². The SMILES string of the molecule is CC.CC.CC.CCCOCCOCCC.COc1cc(C)ccc1NO. The minimum absolute atomic E-state index is 0.582. The maximum Gasteiger partial charge on any atom is 0.144 e. The van der Waals surface area contributed by atoms with Gasteiger partial charge in [0.15, 0.2) is 0 Å². The van der Waals surface area contributed by atoms with Gasteiger partial charge in [-0.3, -0.25) is 10.7 Å². The van der Waals surface area contributed by atoms with Crippen molar-refractivity contribution in [2.75, 3.05) is 39.0 Å². The Hall–Kier alpha value is -1.30. The fourth-order valence-electron chi connectivity index (χ4n) is 1.50. The average Bonchev–Trinajstić information content (AvgIpc) is 2.75. The Morgan fingerprint density at radius 3 is 1.59 bits per heavy atom. The minimum Gasteiger partial charge on any atom is -0.494 e. The van der Waals surface area contributed by atoms with E-state index >= 15 is 0 Å². The third-order valence-corrected chi connectivity index (χ3v) is 2.55. The standard InChI is InChI=1S/C8H11NO2.C8H18O2.3C2H6/c1-6-3-4-7(9-10)8(5-6)11-2;1-3-5-9-7-8-10-6-4-2;3*1-2/h3-5,9-10H,1-2H3;3-8H2,1-2H3;3*1-2H3. The van der Waals surface area contributed by atoms with E-state index in [2.05, 4.69) is 13.8 Å². The molecule has 0 radical (unpaired) electrons. The number of hydrogen-bond donors (Lipinski definition) is 2. The van der Waals surface area contributed by atoms with Gasteiger partial charge in [0.2, 0.25) is 0 Å². The molecule has 27 heavy (non-hydrogen) atoms. The molecule has 0 spiro atoms. The summed E-state index contributed by atoms with van der Waals surface area (Å²) in [6, 6.07) is 5.49. The smallest absolute Gasteiger partial charge is 0.144 e. The van der Waals surface area contributed by atoms with Crippen LogP contribution in [0.5, 0.6) is 5.75 Å². The highest BCUT2D eigenvalue weighted by Gasteiger charge is 1.99. The van der Waals surface area contributed by atoms with Crippen molar-refractivity contribution in [1.29, 1.82) is 0 Å². The van der Waals surface area contributed by atoms with E-state index < -0.39 is 0 Å². The summed E-state index contributed by atoms with van der Waals surface area (Å²) < 4.78 is 15.4. The number of methoxy groups -OCH3 is 1. The number of anilines is 1. The van der Waals surface area contributed by atoms with Crippen LogP contribution in [-0.2, 0) is 9.47 Å². The summed E-state index contributed by atoms with van der Waals surface area (Å²) in [7, 11) is 1.57. The highest BCUT2D eigenvalue weighted by molar-refractivity contribution is 5.55. The first-order chi connectivity index (χ1) is 13.2. The Morgan fingerprint density at radius 2 is 1.26 bits per heavy atom. The normalized spacial score (nSPS) is 8.26. The molecule has 0 bridgehead atoms. The predicted molar refractivity (Wildman–Crippen MR) is 119 cm³/mol. The van der Waals surface area contributed by atoms with E-state index in [1.807, 2.05) is 66.1 Å². The first-order valence-electron chi connectivity index (χ1n) is 10.4. The highest BCUT2D eigenvalue weighted by Crippen LogP contribution is 2.24. The third-order valence-electron chi connectivity index (χ3n) is 2.55. The van der Waals surface area contributed by atoms with E-state index in [9.17, 15) is 0 Å². The van der Waals surface area contributed by atoms with E-state index in [0.717, 1.165) is 44.8 Å². The van der Waals surface area contributed by atoms with Gasteiger partial charge in [0, 0.05) is 13.2 Å². The van der Waals surface area contributed by atoms with Gasteiger partial charge in [-0.2, -0.15) is 0 Å². The molecule has 0 amide bonds. The van der Waals surface area contributed by atoms with Gasteiger partial charge in [-0.15, -0.1) is 0 Å². The van der Waals surface area contributed by atoms with Gasteiger partial charge in [-0.1, -0.05) is 61.5 Å². The summed E-state index contributed by atoms with van der Waals surface area (Å²) in [5, 5.41) is 8.61. The maximum atomic E-state index is 8.61. The van der Waals surface area contributed by atoms with Crippen molar-refractivity contribution in [3.8, 4) is 5.75 Å². The van der Waals surface area contributed by atoms with E-state index in [1.54, 1.807) is 13.2 Å². The molecule has 1 aromatic rings. The van der Waals surface area contributed by atoms with E-state index in [4.69, 9.17) is 19.4 Å². The van der Waals surface area contributed by atoms with Gasteiger partial charge in [-0.05, 0) is 37.5 Å². The van der Waals surface area contributed by atoms with Crippen molar-refractivity contribution >= 4 is 5.69 Å². The molecule has 1 rings (SSSR count). The largest absolute Gasteiger partial charge is 0.494 e. The van der Waals surface area contributed by atoms with Gasteiger partial charge in [0.1, 0.15) is 11.4 Å². The number of nitrogens with one attached hydrogen (secondary N) is 1. The van der Waals surface area contributed by atoms with Crippen LogP contribution in [0, 0.1) is 6.92 Å². The lowest BCUT2D eigenvalue weighted by molar-refractivity contribution is 0.0483. The van der Waals surface area contributed by atoms with Gasteiger partial charge in [0.05, 0.1) is 20.3 Å². The van der Waals surface area contributed by atoms with E-state index in [-0.39, 0.29) is 0 Å². The van der Waals surface area contributed by atoms with Crippen LogP contribution >= 0.6 is 0 Å². The topological polar surface area (TPSA) is 60.0 Å². The van der Waals surface area contributed by atoms with Crippen molar-refractivity contribution in [2.45, 2.75) is 75.2 Å². The maximum absolute atomic E-state index is 8.61. The van der Waals surface area contributed by atoms with Crippen LogP contribution in [0.15, 0.2) is 18.2 Å². The number of benzene rings is 1. The first-order valence-corrected chi connectivity index (χ1v) is 10.4. The summed E-state index contributed by atoms with van der Waals surface area (Å²) in [6.07, 6.45) is 2.18. The molecular formula is C22H47NO4. The molecule has 5 heteroatoms. The van der Waals surface area contributed by atoms with Crippen molar-refractivity contribution < 1.29 is 19.4 Å². The summed E-state index contributed by atoms with van der Waals surface area (Å²) >= 11 is 0. The molecule has 0 unspecified atom stereocenters. The van der Waals surface area contributed by atoms with Crippen molar-refractivity contribution in [2.24, 2.45) is 0 Å². The highest BCUT2D eigenvalue weighted by atomic mass is 16.5. The quantitative estimate of drug-likeness (QED) is 0.362. The fourth-order valence-corrected chi connectivity index (χ4v) is 1.50. The van der Waals surface area contributed by atoms with Gasteiger partial charge < -0.3 is 14.2 Å². The monoisotopic (exact) mass is 389 g/mol. The number of ether oxygens (including phenoxy) is 3. The van der Waals surface area contributed by atoms with Gasteiger partial charge >= 0.3 is 0 Å². The van der Waals surface area contributed by atoms with Crippen LogP contribution < -0.4 is 10.2 Å². The summed E-state index contributed by atoms with van der Waals surface area (Å²) in [5.41, 5.74) is 3.73. The molecule has 0 atom stereocenters. The lowest BCUT2D eigenvalue weighted by atomic mass is 10.2. The first kappa shape index (κ1) is 33.3. The second kappa shape index (κ2) is 32.4. The van der Waals surface area contributed by atoms with Gasteiger partial charge in [0.25, 0.3) is 0 Å². The zero-order valence-electron chi connectivity index (χ0n) is 19.6. The van der Waals surface area contributed by atoms with Crippen LogP contribution in [0.25, 0.3) is 0 Å². The molecule has 5 nitrogen and oxygen atoms in total. The van der Waals surface area contributed by atoms with Crippen LogP contribution in [0.2, 0.25) is 0 Å². The molecule has 0 saturated carbocycles. The third kappa shape index (κ3) is 24.7. The zero-order valence-corrected chi connectivity index (χ0v) is 19.6. The average molecular weight is 390 g/mol. The summed E-state index contributed by atoms with van der Waals surface area (Å²) in [5.74, 6) is 0.646. The van der Waals surface area contributed by atoms with Crippen molar-refractivity contribution in [1.82, 2.24) is 0 Å². The second-order valence-electron chi connectivity index (χ2n) is 4.54. The summed E-state index contributed by atoms with van der Waals surface area (Å²) in [4.78, 5) is 0. The minimum atomic E-state index is 0.582. The Bertz CT molecular complexity index is 352. The summed E-state index contributed by atoms with van der Waals surface area (Å²) in [6.45, 7) is 21.4. The molecule has 0 aliphatic rings. The van der Waals surface area contributed by atoms with Crippen LogP contribution in [-0.4, -0.2) is 38.7 Å². The van der Waals surface area contributed by atoms with Crippen molar-refractivity contribution in [3.63, 3.8) is 0 Å². The molecule has 0 saturated heterocycles. The lowest BCUT2D eigenvalue weighted by Gasteiger charge is -2.06. The van der Waals surface area contributed by atoms with Crippen LogP contribution in [0.4, 0.5) is 5.69 Å². The van der Waals surface area contributed by atoms with E-state index in [1.165, 1.54) is 0 Å². The molecule has 164 valence electrons. The number of hydrogen-bond acceptors (Lipinski definition) is 5. The van der Waals surface area contributed by atoms with E-state index in [0.29, 0.717) is 11.4 Å². The molecule has 0 fully saturated rings. The molecule has 0 heterocycles. The molecule has 0 aromatic heterocycles. The zero-order chi connectivity index (χ0) is 21.9. The predicted octanol–water partition coefficient (Wildman–Crippen LogP) is 6.72. The Morgan fingerprint density at radius 1 is 0.815 bits per heavy atom. The lowest BCUT2D eigenvalue weighted by Crippen LogP contribution is -2.04. The Kier molecular flexibility index (Phi) is 39.9. The Balaban J connectivity index is -0.000000154. The molecule has 1 aromatic carbocycles. The molecule has 2 N–H and O–H groups in total. The van der Waals surface area contributed by atoms with Gasteiger partial charge in [-0.25, -0.2) is 0 Å². The molecule has 0 aliphatic heterocycles. The molecule has 0 aliphatic carbocycles. The van der Waals surface area contributed by atoms with Crippen LogP contribution in [0.1, 0.15) is 73.8 Å². The second-order valence-corrected chi connectivity index (χ2v) is 4.54.